The van der Waals surface area contributed by atoms with Crippen molar-refractivity contribution in [2.24, 2.45) is 0 Å². The molecule has 0 radical (unpaired) electrons. The molecule has 0 spiro atoms. The van der Waals surface area contributed by atoms with Gasteiger partial charge in [0, 0.05) is 6.54 Å². The molecule has 7 heteroatoms. The van der Waals surface area contributed by atoms with E-state index in [4.69, 9.17) is 23.7 Å². The Morgan fingerprint density at radius 1 is 0.889 bits per heavy atom. The molecule has 0 unspecified atom stereocenters. The van der Waals surface area contributed by atoms with Gasteiger partial charge in [0.2, 0.25) is 5.75 Å². The van der Waals surface area contributed by atoms with Crippen molar-refractivity contribution in [2.45, 2.75) is 13.5 Å². The van der Waals surface area contributed by atoms with Gasteiger partial charge in [0.05, 0.1) is 27.9 Å². The van der Waals surface area contributed by atoms with E-state index in [0.717, 1.165) is 11.3 Å². The molecule has 0 saturated heterocycles. The summed E-state index contributed by atoms with van der Waals surface area (Å²) in [4.78, 5) is 12.0. The van der Waals surface area contributed by atoms with Crippen LogP contribution in [0.4, 0.5) is 0 Å². The lowest BCUT2D eigenvalue weighted by molar-refractivity contribution is -0.123. The summed E-state index contributed by atoms with van der Waals surface area (Å²) in [5, 5.41) is 2.80. The number of carbonyl (C=O) groups is 1. The smallest absolute Gasteiger partial charge is 0.258 e. The topological polar surface area (TPSA) is 75.3 Å². The maximum absolute atomic E-state index is 12.0. The maximum Gasteiger partial charge on any atom is 0.258 e. The molecule has 2 aromatic rings. The summed E-state index contributed by atoms with van der Waals surface area (Å²) in [6.45, 7) is 2.74. The summed E-state index contributed by atoms with van der Waals surface area (Å²) < 4.78 is 26.7. The Balaban J connectivity index is 1.89. The fourth-order valence-electron chi connectivity index (χ4n) is 2.44. The Kier molecular flexibility index (Phi) is 7.61. The van der Waals surface area contributed by atoms with E-state index in [1.165, 1.54) is 0 Å². The minimum atomic E-state index is -0.238. The lowest BCUT2D eigenvalue weighted by atomic mass is 10.1. The molecular formula is C20H25NO6. The van der Waals surface area contributed by atoms with Crippen LogP contribution in [-0.2, 0) is 11.3 Å². The molecule has 7 nitrogen and oxygen atoms in total. The van der Waals surface area contributed by atoms with Crippen LogP contribution in [0, 0.1) is 0 Å². The van der Waals surface area contributed by atoms with Crippen LogP contribution in [0.3, 0.4) is 0 Å². The summed E-state index contributed by atoms with van der Waals surface area (Å²) in [5.74, 6) is 2.70. The van der Waals surface area contributed by atoms with Gasteiger partial charge in [0.15, 0.2) is 18.1 Å². The van der Waals surface area contributed by atoms with Crippen molar-refractivity contribution in [1.82, 2.24) is 5.32 Å². The van der Waals surface area contributed by atoms with Crippen LogP contribution in [-0.4, -0.2) is 40.5 Å². The molecule has 0 saturated carbocycles. The SMILES string of the molecule is CCOc1ccc(OCC(=O)NCc2cc(OC)c(OC)c(OC)c2)cc1. The van der Waals surface area contributed by atoms with E-state index in [9.17, 15) is 4.79 Å². The second-order valence-electron chi connectivity index (χ2n) is 5.50. The number of rotatable bonds is 10. The van der Waals surface area contributed by atoms with Crippen LogP contribution in [0.1, 0.15) is 12.5 Å². The standard InChI is InChI=1S/C20H25NO6/c1-5-26-15-6-8-16(9-7-15)27-13-19(22)21-12-14-10-17(23-2)20(25-4)18(11-14)24-3/h6-11H,5,12-13H2,1-4H3,(H,21,22). The van der Waals surface area contributed by atoms with E-state index >= 15 is 0 Å². The van der Waals surface area contributed by atoms with E-state index < -0.39 is 0 Å². The summed E-state index contributed by atoms with van der Waals surface area (Å²) in [7, 11) is 4.63. The molecule has 0 atom stereocenters. The lowest BCUT2D eigenvalue weighted by Gasteiger charge is -2.14. The number of ether oxygens (including phenoxy) is 5. The molecule has 1 amide bonds. The zero-order chi connectivity index (χ0) is 19.6. The number of amides is 1. The minimum absolute atomic E-state index is 0.0849. The Morgan fingerprint density at radius 2 is 1.44 bits per heavy atom. The van der Waals surface area contributed by atoms with Crippen LogP contribution in [0.2, 0.25) is 0 Å². The summed E-state index contributed by atoms with van der Waals surface area (Å²) >= 11 is 0. The van der Waals surface area contributed by atoms with Gasteiger partial charge in [-0.1, -0.05) is 0 Å². The molecule has 2 rings (SSSR count). The Bertz CT molecular complexity index is 720. The highest BCUT2D eigenvalue weighted by atomic mass is 16.5. The average molecular weight is 375 g/mol. The molecule has 0 heterocycles. The fraction of sp³-hybridized carbons (Fsp3) is 0.350. The van der Waals surface area contributed by atoms with Crippen molar-refractivity contribution in [3.63, 3.8) is 0 Å². The van der Waals surface area contributed by atoms with E-state index in [1.807, 2.05) is 6.92 Å². The highest BCUT2D eigenvalue weighted by Crippen LogP contribution is 2.38. The Labute approximate surface area is 159 Å². The number of benzene rings is 2. The molecule has 0 aliphatic heterocycles. The lowest BCUT2D eigenvalue weighted by Crippen LogP contribution is -2.28. The van der Waals surface area contributed by atoms with Crippen molar-refractivity contribution in [3.8, 4) is 28.7 Å². The van der Waals surface area contributed by atoms with Crippen molar-refractivity contribution in [3.05, 3.63) is 42.0 Å². The van der Waals surface area contributed by atoms with Gasteiger partial charge in [0.1, 0.15) is 11.5 Å². The third-order valence-corrected chi connectivity index (χ3v) is 3.72. The van der Waals surface area contributed by atoms with Gasteiger partial charge in [-0.25, -0.2) is 0 Å². The van der Waals surface area contributed by atoms with Gasteiger partial charge in [-0.2, -0.15) is 0 Å². The summed E-state index contributed by atoms with van der Waals surface area (Å²) in [6.07, 6.45) is 0. The first-order valence-electron chi connectivity index (χ1n) is 8.52. The average Bonchev–Trinajstić information content (AvgIpc) is 2.71. The number of hydrogen-bond acceptors (Lipinski definition) is 6. The van der Waals surface area contributed by atoms with E-state index in [-0.39, 0.29) is 12.5 Å². The molecular weight excluding hydrogens is 350 g/mol. The van der Waals surface area contributed by atoms with E-state index in [1.54, 1.807) is 57.7 Å². The Morgan fingerprint density at radius 3 is 1.93 bits per heavy atom. The predicted octanol–water partition coefficient (Wildman–Crippen LogP) is 2.81. The number of hydrogen-bond donors (Lipinski definition) is 1. The quantitative estimate of drug-likeness (QED) is 0.688. The van der Waals surface area contributed by atoms with Gasteiger partial charge in [-0.3, -0.25) is 4.79 Å². The number of carbonyl (C=O) groups excluding carboxylic acids is 1. The van der Waals surface area contributed by atoms with E-state index in [2.05, 4.69) is 5.32 Å². The second-order valence-corrected chi connectivity index (χ2v) is 5.50. The molecule has 0 aliphatic rings. The third kappa shape index (κ3) is 5.70. The summed E-state index contributed by atoms with van der Waals surface area (Å²) in [6, 6.07) is 10.7. The molecule has 27 heavy (non-hydrogen) atoms. The molecule has 2 aromatic carbocycles. The van der Waals surface area contributed by atoms with Gasteiger partial charge in [0.25, 0.3) is 5.91 Å². The number of nitrogens with one attached hydrogen (secondary N) is 1. The van der Waals surface area contributed by atoms with Crippen LogP contribution in [0.15, 0.2) is 36.4 Å². The van der Waals surface area contributed by atoms with Gasteiger partial charge in [-0.05, 0) is 48.9 Å². The zero-order valence-electron chi connectivity index (χ0n) is 16.0. The third-order valence-electron chi connectivity index (χ3n) is 3.72. The highest BCUT2D eigenvalue weighted by molar-refractivity contribution is 5.77. The van der Waals surface area contributed by atoms with Gasteiger partial charge < -0.3 is 29.0 Å². The van der Waals surface area contributed by atoms with Crippen molar-refractivity contribution in [1.29, 1.82) is 0 Å². The van der Waals surface area contributed by atoms with Gasteiger partial charge in [-0.15, -0.1) is 0 Å². The predicted molar refractivity (Wildman–Crippen MR) is 101 cm³/mol. The van der Waals surface area contributed by atoms with Crippen LogP contribution in [0.5, 0.6) is 28.7 Å². The van der Waals surface area contributed by atoms with Crippen LogP contribution >= 0.6 is 0 Å². The zero-order valence-corrected chi connectivity index (χ0v) is 16.0. The fourth-order valence-corrected chi connectivity index (χ4v) is 2.44. The largest absolute Gasteiger partial charge is 0.494 e. The van der Waals surface area contributed by atoms with E-state index in [0.29, 0.717) is 36.1 Å². The van der Waals surface area contributed by atoms with Crippen LogP contribution < -0.4 is 29.0 Å². The maximum atomic E-state index is 12.0. The van der Waals surface area contributed by atoms with Gasteiger partial charge >= 0.3 is 0 Å². The van der Waals surface area contributed by atoms with Crippen molar-refractivity contribution >= 4 is 5.91 Å². The number of methoxy groups -OCH3 is 3. The normalized spacial score (nSPS) is 10.1. The first-order chi connectivity index (χ1) is 13.1. The molecule has 1 N–H and O–H groups in total. The molecule has 0 aliphatic carbocycles. The Hall–Kier alpha value is -3.09. The minimum Gasteiger partial charge on any atom is -0.494 e. The summed E-state index contributed by atoms with van der Waals surface area (Å²) in [5.41, 5.74) is 0.818. The first-order valence-corrected chi connectivity index (χ1v) is 8.52. The molecule has 0 aromatic heterocycles. The monoisotopic (exact) mass is 375 g/mol. The van der Waals surface area contributed by atoms with Crippen molar-refractivity contribution < 1.29 is 28.5 Å². The van der Waals surface area contributed by atoms with Crippen LogP contribution in [0.25, 0.3) is 0 Å². The first kappa shape index (κ1) is 20.2. The molecule has 146 valence electrons. The highest BCUT2D eigenvalue weighted by Gasteiger charge is 2.13. The molecule has 0 bridgehead atoms. The second kappa shape index (κ2) is 10.2. The van der Waals surface area contributed by atoms with Crippen molar-refractivity contribution in [2.75, 3.05) is 34.5 Å². The molecule has 0 fully saturated rings.